The highest BCUT2D eigenvalue weighted by atomic mass is 19.4. The number of amides is 2. The number of carbonyl (C=O) groups excluding carboxylic acids is 2. The first kappa shape index (κ1) is 29.0. The zero-order valence-corrected chi connectivity index (χ0v) is 23.4. The molecule has 0 saturated carbocycles. The first-order valence-corrected chi connectivity index (χ1v) is 14.0. The molecule has 0 radical (unpaired) electrons. The van der Waals surface area contributed by atoms with E-state index in [1.165, 1.54) is 6.07 Å². The largest absolute Gasteiger partial charge is 0.454 e. The summed E-state index contributed by atoms with van der Waals surface area (Å²) in [7, 11) is 0. The van der Waals surface area contributed by atoms with Gasteiger partial charge in [-0.2, -0.15) is 13.2 Å². The minimum absolute atomic E-state index is 0.0239. The Labute approximate surface area is 242 Å². The van der Waals surface area contributed by atoms with Gasteiger partial charge in [0.05, 0.1) is 18.7 Å². The number of alkyl halides is 3. The molecule has 1 aliphatic rings. The number of hydrogen-bond acceptors (Lipinski definition) is 4. The predicted octanol–water partition coefficient (Wildman–Crippen LogP) is 6.16. The first-order chi connectivity index (χ1) is 20.2. The van der Waals surface area contributed by atoms with Crippen LogP contribution in [0.4, 0.5) is 18.9 Å². The van der Waals surface area contributed by atoms with Crippen LogP contribution in [-0.4, -0.2) is 58.9 Å². The van der Waals surface area contributed by atoms with Gasteiger partial charge in [0, 0.05) is 55.9 Å². The van der Waals surface area contributed by atoms with E-state index in [4.69, 9.17) is 4.42 Å². The zero-order valence-electron chi connectivity index (χ0n) is 23.4. The minimum Gasteiger partial charge on any atom is -0.454 e. The fourth-order valence-electron chi connectivity index (χ4n) is 5.18. The highest BCUT2D eigenvalue weighted by Crippen LogP contribution is 2.32. The number of halogens is 3. The summed E-state index contributed by atoms with van der Waals surface area (Å²) in [5, 5.41) is 0. The van der Waals surface area contributed by atoms with Gasteiger partial charge in [-0.1, -0.05) is 31.2 Å². The summed E-state index contributed by atoms with van der Waals surface area (Å²) in [5.74, 6) is 0.553. The Balaban J connectivity index is 1.20. The molecule has 3 heterocycles. The van der Waals surface area contributed by atoms with Crippen LogP contribution in [0, 0.1) is 0 Å². The van der Waals surface area contributed by atoms with E-state index in [9.17, 15) is 22.8 Å². The number of hydrogen-bond donors (Lipinski definition) is 0. The van der Waals surface area contributed by atoms with E-state index < -0.39 is 11.7 Å². The Morgan fingerprint density at radius 1 is 0.905 bits per heavy atom. The molecule has 0 N–H and O–H groups in total. The molecule has 0 bridgehead atoms. The van der Waals surface area contributed by atoms with Crippen molar-refractivity contribution in [2.75, 3.05) is 37.6 Å². The number of piperazine rings is 1. The monoisotopic (exact) mass is 578 g/mol. The Bertz CT molecular complexity index is 1500. The Kier molecular flexibility index (Phi) is 8.70. The zero-order chi connectivity index (χ0) is 29.7. The second-order valence-electron chi connectivity index (χ2n) is 10.3. The van der Waals surface area contributed by atoms with E-state index in [1.54, 1.807) is 23.1 Å². The van der Waals surface area contributed by atoms with Gasteiger partial charge >= 0.3 is 6.18 Å². The second-order valence-corrected chi connectivity index (χ2v) is 10.3. The van der Waals surface area contributed by atoms with Gasteiger partial charge in [0.15, 0.2) is 5.76 Å². The quantitative estimate of drug-likeness (QED) is 0.239. The van der Waals surface area contributed by atoms with Crippen molar-refractivity contribution in [2.45, 2.75) is 32.6 Å². The fourth-order valence-corrected chi connectivity index (χ4v) is 5.18. The van der Waals surface area contributed by atoms with E-state index in [2.05, 4.69) is 0 Å². The summed E-state index contributed by atoms with van der Waals surface area (Å²) in [5.41, 5.74) is 1.40. The molecule has 1 aliphatic heterocycles. The van der Waals surface area contributed by atoms with Crippen molar-refractivity contribution in [3.63, 3.8) is 0 Å². The van der Waals surface area contributed by atoms with Crippen LogP contribution in [-0.2, 0) is 19.3 Å². The fraction of sp³-hybridized carbons (Fsp3) is 0.312. The van der Waals surface area contributed by atoms with Crippen LogP contribution < -0.4 is 4.90 Å². The van der Waals surface area contributed by atoms with Crippen molar-refractivity contribution in [2.24, 2.45) is 0 Å². The second kappa shape index (κ2) is 12.6. The molecule has 5 rings (SSSR count). The van der Waals surface area contributed by atoms with Gasteiger partial charge < -0.3 is 23.7 Å². The highest BCUT2D eigenvalue weighted by molar-refractivity contribution is 5.94. The molecule has 1 fully saturated rings. The number of benzene rings is 2. The smallest absolute Gasteiger partial charge is 0.416 e. The molecule has 220 valence electrons. The van der Waals surface area contributed by atoms with Gasteiger partial charge in [-0.25, -0.2) is 0 Å². The lowest BCUT2D eigenvalue weighted by atomic mass is 10.1. The van der Waals surface area contributed by atoms with E-state index in [0.717, 1.165) is 24.2 Å². The van der Waals surface area contributed by atoms with Crippen LogP contribution in [0.2, 0.25) is 0 Å². The van der Waals surface area contributed by atoms with E-state index in [-0.39, 0.29) is 17.6 Å². The number of aromatic nitrogens is 1. The average molecular weight is 579 g/mol. The van der Waals surface area contributed by atoms with Crippen molar-refractivity contribution in [3.05, 3.63) is 113 Å². The molecule has 0 atom stereocenters. The third kappa shape index (κ3) is 6.70. The van der Waals surface area contributed by atoms with Gasteiger partial charge in [-0.15, -0.1) is 0 Å². The van der Waals surface area contributed by atoms with Gasteiger partial charge in [0.25, 0.3) is 11.8 Å². The van der Waals surface area contributed by atoms with Crippen LogP contribution in [0.3, 0.4) is 0 Å². The number of furan rings is 1. The molecule has 0 spiro atoms. The maximum Gasteiger partial charge on any atom is 0.416 e. The highest BCUT2D eigenvalue weighted by Gasteiger charge is 2.31. The standard InChI is InChI=1S/C32H33F3N4O3/c1-2-15-39(30(40)24-8-4-3-5-9-24)22-27-12-7-16-38(27)23-28-13-14-29(42-28)31(41)37-19-17-36(18-20-37)26-11-6-10-25(21-26)32(33,34)35/h3-14,16,21H,2,15,17-20,22-23H2,1H3. The molecule has 2 aromatic carbocycles. The maximum absolute atomic E-state index is 13.2. The minimum atomic E-state index is -4.40. The van der Waals surface area contributed by atoms with Crippen molar-refractivity contribution in [1.82, 2.24) is 14.4 Å². The van der Waals surface area contributed by atoms with Crippen LogP contribution in [0.1, 0.15) is 51.3 Å². The molecule has 0 unspecified atom stereocenters. The van der Waals surface area contributed by atoms with Crippen LogP contribution >= 0.6 is 0 Å². The van der Waals surface area contributed by atoms with Crippen LogP contribution in [0.25, 0.3) is 0 Å². The molecule has 2 amide bonds. The Morgan fingerprint density at radius 3 is 2.38 bits per heavy atom. The van der Waals surface area contributed by atoms with Gasteiger partial charge in [-0.3, -0.25) is 9.59 Å². The maximum atomic E-state index is 13.2. The van der Waals surface area contributed by atoms with Crippen LogP contribution in [0.15, 0.2) is 89.5 Å². The third-order valence-corrected chi connectivity index (χ3v) is 7.38. The molecular formula is C32H33F3N4O3. The molecule has 10 heteroatoms. The van der Waals surface area contributed by atoms with Gasteiger partial charge in [0.1, 0.15) is 5.76 Å². The Hall–Kier alpha value is -4.47. The number of nitrogens with zero attached hydrogens (tertiary/aromatic N) is 4. The summed E-state index contributed by atoms with van der Waals surface area (Å²) in [6, 6.07) is 21.8. The summed E-state index contributed by atoms with van der Waals surface area (Å²) in [6.07, 6.45) is -1.65. The molecule has 4 aromatic rings. The van der Waals surface area contributed by atoms with Crippen molar-refractivity contribution >= 4 is 17.5 Å². The molecule has 42 heavy (non-hydrogen) atoms. The lowest BCUT2D eigenvalue weighted by molar-refractivity contribution is -0.137. The van der Waals surface area contributed by atoms with E-state index in [1.807, 2.05) is 70.0 Å². The summed E-state index contributed by atoms with van der Waals surface area (Å²) in [6.45, 7) is 5.09. The molecule has 2 aromatic heterocycles. The summed E-state index contributed by atoms with van der Waals surface area (Å²) < 4.78 is 47.3. The number of anilines is 1. The molecule has 0 aliphatic carbocycles. The SMILES string of the molecule is CCCN(Cc1cccn1Cc1ccc(C(=O)N2CCN(c3cccc(C(F)(F)F)c3)CC2)o1)C(=O)c1ccccc1. The molecular weight excluding hydrogens is 545 g/mol. The average Bonchev–Trinajstić information content (AvgIpc) is 3.66. The summed E-state index contributed by atoms with van der Waals surface area (Å²) >= 11 is 0. The lowest BCUT2D eigenvalue weighted by Crippen LogP contribution is -2.48. The van der Waals surface area contributed by atoms with Crippen molar-refractivity contribution in [1.29, 1.82) is 0 Å². The predicted molar refractivity (Wildman–Crippen MR) is 153 cm³/mol. The first-order valence-electron chi connectivity index (χ1n) is 14.0. The topological polar surface area (TPSA) is 61.9 Å². The van der Waals surface area contributed by atoms with Gasteiger partial charge in [0.2, 0.25) is 0 Å². The lowest BCUT2D eigenvalue weighted by Gasteiger charge is -2.36. The molecule has 7 nitrogen and oxygen atoms in total. The van der Waals surface area contributed by atoms with E-state index >= 15 is 0 Å². The van der Waals surface area contributed by atoms with Crippen molar-refractivity contribution < 1.29 is 27.2 Å². The normalized spacial score (nSPS) is 13.8. The number of carbonyl (C=O) groups is 2. The van der Waals surface area contributed by atoms with Crippen LogP contribution in [0.5, 0.6) is 0 Å². The Morgan fingerprint density at radius 2 is 1.67 bits per heavy atom. The van der Waals surface area contributed by atoms with Gasteiger partial charge in [-0.05, 0) is 61.0 Å². The molecule has 1 saturated heterocycles. The van der Waals surface area contributed by atoms with E-state index in [0.29, 0.717) is 62.8 Å². The third-order valence-electron chi connectivity index (χ3n) is 7.38. The number of rotatable bonds is 9. The van der Waals surface area contributed by atoms with Crippen molar-refractivity contribution in [3.8, 4) is 0 Å². The summed E-state index contributed by atoms with van der Waals surface area (Å²) in [4.78, 5) is 31.6.